The van der Waals surface area contributed by atoms with E-state index in [-0.39, 0.29) is 0 Å². The van der Waals surface area contributed by atoms with Crippen molar-refractivity contribution in [3.05, 3.63) is 40.5 Å². The summed E-state index contributed by atoms with van der Waals surface area (Å²) in [7, 11) is 0. The van der Waals surface area contributed by atoms with Crippen LogP contribution >= 0.6 is 67.8 Å². The van der Waals surface area contributed by atoms with Crippen molar-refractivity contribution in [1.82, 2.24) is 0 Å². The SMILES string of the molecule is O=Cc1cc(I)c2cccc(I)c2c1I. The Balaban J connectivity index is 3.01. The molecule has 0 saturated heterocycles. The van der Waals surface area contributed by atoms with Crippen LogP contribution in [0.3, 0.4) is 0 Å². The smallest absolute Gasteiger partial charge is 0.151 e. The predicted molar refractivity (Wildman–Crippen MR) is 87.5 cm³/mol. The molecule has 0 aromatic heterocycles. The Morgan fingerprint density at radius 3 is 2.47 bits per heavy atom. The summed E-state index contributed by atoms with van der Waals surface area (Å²) in [6.45, 7) is 0. The quantitative estimate of drug-likeness (QED) is 0.391. The first-order chi connectivity index (χ1) is 7.15. The minimum absolute atomic E-state index is 0.775. The highest BCUT2D eigenvalue weighted by Crippen LogP contribution is 2.31. The van der Waals surface area contributed by atoms with Crippen molar-refractivity contribution in [2.24, 2.45) is 0 Å². The Bertz CT molecular complexity index is 549. The van der Waals surface area contributed by atoms with Crippen LogP contribution in [0.1, 0.15) is 10.4 Å². The third-order valence-corrected chi connectivity index (χ3v) is 5.11. The van der Waals surface area contributed by atoms with Gasteiger partial charge in [0.2, 0.25) is 0 Å². The molecule has 2 rings (SSSR count). The van der Waals surface area contributed by atoms with Crippen molar-refractivity contribution in [3.63, 3.8) is 0 Å². The third kappa shape index (κ3) is 2.17. The maximum Gasteiger partial charge on any atom is 0.151 e. The summed E-state index contributed by atoms with van der Waals surface area (Å²) in [6, 6.07) is 8.14. The van der Waals surface area contributed by atoms with E-state index in [9.17, 15) is 4.79 Å². The summed E-state index contributed by atoms with van der Waals surface area (Å²) in [4.78, 5) is 10.9. The van der Waals surface area contributed by atoms with Gasteiger partial charge < -0.3 is 0 Å². The normalized spacial score (nSPS) is 10.6. The monoisotopic (exact) mass is 534 g/mol. The lowest BCUT2D eigenvalue weighted by molar-refractivity contribution is 0.112. The molecule has 0 heterocycles. The van der Waals surface area contributed by atoms with Crippen LogP contribution in [0.2, 0.25) is 0 Å². The van der Waals surface area contributed by atoms with Crippen molar-refractivity contribution >= 4 is 84.8 Å². The average Bonchev–Trinajstić information content (AvgIpc) is 2.23. The van der Waals surface area contributed by atoms with Crippen LogP contribution in [0, 0.1) is 10.7 Å². The van der Waals surface area contributed by atoms with Crippen LogP contribution < -0.4 is 0 Å². The Morgan fingerprint density at radius 2 is 1.80 bits per heavy atom. The lowest BCUT2D eigenvalue weighted by Crippen LogP contribution is -1.92. The molecule has 15 heavy (non-hydrogen) atoms. The molecule has 1 nitrogen and oxygen atoms in total. The third-order valence-electron chi connectivity index (χ3n) is 2.15. The van der Waals surface area contributed by atoms with Gasteiger partial charge in [0.05, 0.1) is 0 Å². The van der Waals surface area contributed by atoms with Crippen LogP contribution in [0.15, 0.2) is 24.3 Å². The van der Waals surface area contributed by atoms with Crippen LogP contribution in [0.4, 0.5) is 0 Å². The molecule has 4 heteroatoms. The summed E-state index contributed by atoms with van der Waals surface area (Å²) in [5, 5.41) is 2.41. The molecule has 0 N–H and O–H groups in total. The first-order valence-electron chi connectivity index (χ1n) is 4.16. The van der Waals surface area contributed by atoms with Crippen molar-refractivity contribution in [3.8, 4) is 0 Å². The van der Waals surface area contributed by atoms with E-state index in [1.807, 2.05) is 12.1 Å². The molecule has 0 radical (unpaired) electrons. The average molecular weight is 534 g/mol. The number of carbonyl (C=O) groups is 1. The second-order valence-corrected chi connectivity index (χ2v) is 6.44. The molecule has 0 atom stereocenters. The first kappa shape index (κ1) is 12.0. The number of hydrogen-bond acceptors (Lipinski definition) is 1. The molecule has 2 aromatic rings. The summed E-state index contributed by atoms with van der Waals surface area (Å²) in [5.41, 5.74) is 0.775. The molecule has 0 unspecified atom stereocenters. The number of halogens is 3. The minimum Gasteiger partial charge on any atom is -0.298 e. The lowest BCUT2D eigenvalue weighted by Gasteiger charge is -2.07. The Kier molecular flexibility index (Phi) is 3.87. The maximum atomic E-state index is 10.9. The van der Waals surface area contributed by atoms with Crippen LogP contribution in [-0.2, 0) is 0 Å². The van der Waals surface area contributed by atoms with Gasteiger partial charge in [-0.2, -0.15) is 0 Å². The van der Waals surface area contributed by atoms with Crippen molar-refractivity contribution < 1.29 is 4.79 Å². The second-order valence-electron chi connectivity index (χ2n) is 3.04. The molecule has 0 saturated carbocycles. The molecular formula is C11H5I3O. The summed E-state index contributed by atoms with van der Waals surface area (Å²) < 4.78 is 3.36. The minimum atomic E-state index is 0.775. The molecule has 76 valence electrons. The van der Waals surface area contributed by atoms with Crippen LogP contribution in [0.25, 0.3) is 10.8 Å². The highest BCUT2D eigenvalue weighted by atomic mass is 127. The van der Waals surface area contributed by atoms with Crippen LogP contribution in [0.5, 0.6) is 0 Å². The molecule has 0 spiro atoms. The maximum absolute atomic E-state index is 10.9. The van der Waals surface area contributed by atoms with Gasteiger partial charge in [-0.1, -0.05) is 12.1 Å². The van der Waals surface area contributed by atoms with Gasteiger partial charge in [-0.05, 0) is 85.3 Å². The standard InChI is InChI=1S/C11H5I3O/c12-8-3-1-2-7-9(13)4-6(5-15)11(14)10(7)8/h1-5H. The van der Waals surface area contributed by atoms with Crippen LogP contribution in [-0.4, -0.2) is 6.29 Å². The highest BCUT2D eigenvalue weighted by molar-refractivity contribution is 14.1. The number of hydrogen-bond donors (Lipinski definition) is 0. The molecule has 0 aliphatic carbocycles. The fourth-order valence-electron chi connectivity index (χ4n) is 1.45. The van der Waals surface area contributed by atoms with E-state index in [2.05, 4.69) is 79.9 Å². The number of rotatable bonds is 1. The van der Waals surface area contributed by atoms with Gasteiger partial charge >= 0.3 is 0 Å². The fourth-order valence-corrected chi connectivity index (χ4v) is 4.39. The zero-order valence-corrected chi connectivity index (χ0v) is 13.9. The fraction of sp³-hybridized carbons (Fsp3) is 0. The molecule has 0 fully saturated rings. The Hall–Kier alpha value is 0.560. The molecule has 2 aromatic carbocycles. The zero-order valence-electron chi connectivity index (χ0n) is 7.43. The zero-order chi connectivity index (χ0) is 11.0. The molecule has 0 aliphatic heterocycles. The number of fused-ring (bicyclic) bond motifs is 1. The molecule has 0 aliphatic rings. The first-order valence-corrected chi connectivity index (χ1v) is 7.40. The van der Waals surface area contributed by atoms with Gasteiger partial charge in [0.1, 0.15) is 0 Å². The van der Waals surface area contributed by atoms with Gasteiger partial charge in [0, 0.05) is 21.7 Å². The lowest BCUT2D eigenvalue weighted by atomic mass is 10.1. The van der Waals surface area contributed by atoms with Crippen molar-refractivity contribution in [1.29, 1.82) is 0 Å². The molecule has 0 bridgehead atoms. The van der Waals surface area contributed by atoms with E-state index in [0.29, 0.717) is 0 Å². The largest absolute Gasteiger partial charge is 0.298 e. The van der Waals surface area contributed by atoms with Gasteiger partial charge in [-0.25, -0.2) is 0 Å². The predicted octanol–water partition coefficient (Wildman–Crippen LogP) is 4.47. The van der Waals surface area contributed by atoms with Gasteiger partial charge in [-0.15, -0.1) is 0 Å². The second kappa shape index (κ2) is 4.82. The van der Waals surface area contributed by atoms with Gasteiger partial charge in [-0.3, -0.25) is 4.79 Å². The summed E-state index contributed by atoms with van der Waals surface area (Å²) in [5.74, 6) is 0. The highest BCUT2D eigenvalue weighted by Gasteiger charge is 2.10. The van der Waals surface area contributed by atoms with E-state index >= 15 is 0 Å². The molecule has 0 amide bonds. The van der Waals surface area contributed by atoms with Gasteiger partial charge in [0.15, 0.2) is 6.29 Å². The number of aldehydes is 1. The summed E-state index contributed by atoms with van der Waals surface area (Å²) in [6.07, 6.45) is 0.923. The Labute approximate surface area is 128 Å². The topological polar surface area (TPSA) is 17.1 Å². The number of carbonyl (C=O) groups excluding carboxylic acids is 1. The van der Waals surface area contributed by atoms with Gasteiger partial charge in [0.25, 0.3) is 0 Å². The Morgan fingerprint density at radius 1 is 1.07 bits per heavy atom. The van der Waals surface area contributed by atoms with E-state index in [4.69, 9.17) is 0 Å². The van der Waals surface area contributed by atoms with Crippen molar-refractivity contribution in [2.45, 2.75) is 0 Å². The number of benzene rings is 2. The van der Waals surface area contributed by atoms with E-state index in [1.54, 1.807) is 0 Å². The molecular weight excluding hydrogens is 529 g/mol. The van der Waals surface area contributed by atoms with E-state index in [0.717, 1.165) is 19.0 Å². The van der Waals surface area contributed by atoms with E-state index in [1.165, 1.54) is 14.3 Å². The summed E-state index contributed by atoms with van der Waals surface area (Å²) >= 11 is 6.83. The van der Waals surface area contributed by atoms with E-state index < -0.39 is 0 Å². The van der Waals surface area contributed by atoms with Crippen molar-refractivity contribution in [2.75, 3.05) is 0 Å².